The molecule has 6 nitrogen and oxygen atoms in total. The Bertz CT molecular complexity index is 527. The molecule has 0 aliphatic heterocycles. The molecule has 0 radical (unpaired) electrons. The first kappa shape index (κ1) is 15.7. The number of ether oxygens (including phenoxy) is 1. The van der Waals surface area contributed by atoms with E-state index in [1.807, 2.05) is 13.8 Å². The first-order valence-electron chi connectivity index (χ1n) is 6.04. The van der Waals surface area contributed by atoms with Crippen LogP contribution < -0.4 is 10.1 Å². The highest BCUT2D eigenvalue weighted by molar-refractivity contribution is 7.92. The molecule has 0 saturated heterocycles. The second kappa shape index (κ2) is 5.73. The number of aromatic nitrogens is 2. The third kappa shape index (κ3) is 4.66. The quantitative estimate of drug-likeness (QED) is 0.854. The molecule has 0 fully saturated rings. The number of hydrogen-bond donors (Lipinski definition) is 1. The lowest BCUT2D eigenvalue weighted by Gasteiger charge is -2.23. The third-order valence-electron chi connectivity index (χ3n) is 2.70. The van der Waals surface area contributed by atoms with Gasteiger partial charge in [0.25, 0.3) is 0 Å². The fourth-order valence-electron chi connectivity index (χ4n) is 1.18. The van der Waals surface area contributed by atoms with Gasteiger partial charge in [-0.05, 0) is 27.7 Å². The SMILES string of the molecule is CC(C)Oc1cc(NCC(C)(C)S(C)(=O)=O)ncn1. The molecular weight excluding hydrogens is 266 g/mol. The smallest absolute Gasteiger partial charge is 0.218 e. The van der Waals surface area contributed by atoms with Gasteiger partial charge in [0.15, 0.2) is 9.84 Å². The molecule has 1 rings (SSSR count). The Morgan fingerprint density at radius 1 is 1.37 bits per heavy atom. The number of rotatable bonds is 6. The van der Waals surface area contributed by atoms with Gasteiger partial charge in [0.2, 0.25) is 5.88 Å². The van der Waals surface area contributed by atoms with Crippen LogP contribution in [0.2, 0.25) is 0 Å². The van der Waals surface area contributed by atoms with Gasteiger partial charge >= 0.3 is 0 Å². The lowest BCUT2D eigenvalue weighted by molar-refractivity contribution is 0.232. The Hall–Kier alpha value is -1.37. The van der Waals surface area contributed by atoms with Crippen LogP contribution in [-0.2, 0) is 9.84 Å². The summed E-state index contributed by atoms with van der Waals surface area (Å²) in [5.74, 6) is 1.01. The summed E-state index contributed by atoms with van der Waals surface area (Å²) in [6, 6.07) is 1.65. The Labute approximate surface area is 114 Å². The van der Waals surface area contributed by atoms with E-state index < -0.39 is 14.6 Å². The molecule has 7 heteroatoms. The van der Waals surface area contributed by atoms with Crippen molar-refractivity contribution in [3.63, 3.8) is 0 Å². The van der Waals surface area contributed by atoms with Gasteiger partial charge in [-0.15, -0.1) is 0 Å². The van der Waals surface area contributed by atoms with Crippen LogP contribution in [0.15, 0.2) is 12.4 Å². The van der Waals surface area contributed by atoms with E-state index in [0.29, 0.717) is 11.7 Å². The van der Waals surface area contributed by atoms with Crippen molar-refractivity contribution in [1.29, 1.82) is 0 Å². The van der Waals surface area contributed by atoms with E-state index >= 15 is 0 Å². The van der Waals surface area contributed by atoms with Crippen LogP contribution in [0, 0.1) is 0 Å². The summed E-state index contributed by atoms with van der Waals surface area (Å²) in [6.07, 6.45) is 2.63. The summed E-state index contributed by atoms with van der Waals surface area (Å²) in [4.78, 5) is 8.02. The van der Waals surface area contributed by atoms with E-state index in [-0.39, 0.29) is 12.6 Å². The molecule has 0 aliphatic carbocycles. The van der Waals surface area contributed by atoms with Gasteiger partial charge in [0, 0.05) is 18.9 Å². The van der Waals surface area contributed by atoms with E-state index in [1.54, 1.807) is 19.9 Å². The predicted molar refractivity (Wildman–Crippen MR) is 75.2 cm³/mol. The molecule has 0 aliphatic rings. The average molecular weight is 287 g/mol. The molecule has 1 heterocycles. The lowest BCUT2D eigenvalue weighted by Crippen LogP contribution is -2.38. The van der Waals surface area contributed by atoms with Crippen LogP contribution in [0.25, 0.3) is 0 Å². The summed E-state index contributed by atoms with van der Waals surface area (Å²) in [6.45, 7) is 7.41. The van der Waals surface area contributed by atoms with E-state index in [0.717, 1.165) is 0 Å². The minimum atomic E-state index is -3.14. The zero-order chi connectivity index (χ0) is 14.7. The van der Waals surface area contributed by atoms with Gasteiger partial charge in [-0.25, -0.2) is 18.4 Å². The first-order valence-corrected chi connectivity index (χ1v) is 7.93. The summed E-state index contributed by atoms with van der Waals surface area (Å²) in [7, 11) is -3.14. The minimum Gasteiger partial charge on any atom is -0.475 e. The Kier molecular flexibility index (Phi) is 4.73. The maximum Gasteiger partial charge on any atom is 0.218 e. The van der Waals surface area contributed by atoms with E-state index in [4.69, 9.17) is 4.74 Å². The summed E-state index contributed by atoms with van der Waals surface area (Å²) < 4.78 is 27.8. The predicted octanol–water partition coefficient (Wildman–Crippen LogP) is 1.50. The van der Waals surface area contributed by atoms with Crippen molar-refractivity contribution in [1.82, 2.24) is 9.97 Å². The molecule has 1 aromatic rings. The van der Waals surface area contributed by atoms with Gasteiger partial charge in [-0.2, -0.15) is 0 Å². The summed E-state index contributed by atoms with van der Waals surface area (Å²) in [5, 5.41) is 2.99. The Morgan fingerprint density at radius 2 is 2.00 bits per heavy atom. The molecule has 0 atom stereocenters. The fourth-order valence-corrected chi connectivity index (χ4v) is 1.51. The molecule has 0 aromatic carbocycles. The van der Waals surface area contributed by atoms with Crippen LogP contribution in [0.5, 0.6) is 5.88 Å². The van der Waals surface area contributed by atoms with Crippen molar-refractivity contribution in [2.24, 2.45) is 0 Å². The number of nitrogens with one attached hydrogen (secondary N) is 1. The highest BCUT2D eigenvalue weighted by Crippen LogP contribution is 2.17. The van der Waals surface area contributed by atoms with Crippen LogP contribution in [0.1, 0.15) is 27.7 Å². The van der Waals surface area contributed by atoms with Gasteiger partial charge in [0.05, 0.1) is 10.9 Å². The van der Waals surface area contributed by atoms with Gasteiger partial charge in [-0.3, -0.25) is 0 Å². The molecule has 0 amide bonds. The summed E-state index contributed by atoms with van der Waals surface area (Å²) in [5.41, 5.74) is 0. The van der Waals surface area contributed by atoms with E-state index in [1.165, 1.54) is 12.6 Å². The maximum atomic E-state index is 11.6. The molecular formula is C12H21N3O3S. The van der Waals surface area contributed by atoms with Crippen LogP contribution in [0.4, 0.5) is 5.82 Å². The van der Waals surface area contributed by atoms with Crippen molar-refractivity contribution in [2.75, 3.05) is 18.1 Å². The number of hydrogen-bond acceptors (Lipinski definition) is 6. The van der Waals surface area contributed by atoms with Crippen LogP contribution in [0.3, 0.4) is 0 Å². The number of nitrogens with zero attached hydrogens (tertiary/aromatic N) is 2. The second-order valence-electron chi connectivity index (χ2n) is 5.29. The fraction of sp³-hybridized carbons (Fsp3) is 0.667. The third-order valence-corrected chi connectivity index (χ3v) is 4.85. The highest BCUT2D eigenvalue weighted by atomic mass is 32.2. The Balaban J connectivity index is 2.74. The lowest BCUT2D eigenvalue weighted by atomic mass is 10.2. The van der Waals surface area contributed by atoms with E-state index in [2.05, 4.69) is 15.3 Å². The molecule has 0 unspecified atom stereocenters. The molecule has 0 spiro atoms. The topological polar surface area (TPSA) is 81.2 Å². The number of anilines is 1. The van der Waals surface area contributed by atoms with E-state index in [9.17, 15) is 8.42 Å². The summed E-state index contributed by atoms with van der Waals surface area (Å²) >= 11 is 0. The molecule has 1 N–H and O–H groups in total. The van der Waals surface area contributed by atoms with Crippen LogP contribution >= 0.6 is 0 Å². The number of sulfone groups is 1. The van der Waals surface area contributed by atoms with Crippen molar-refractivity contribution in [2.45, 2.75) is 38.5 Å². The van der Waals surface area contributed by atoms with Crippen molar-refractivity contribution in [3.05, 3.63) is 12.4 Å². The molecule has 108 valence electrons. The Morgan fingerprint density at radius 3 is 2.53 bits per heavy atom. The highest BCUT2D eigenvalue weighted by Gasteiger charge is 2.29. The van der Waals surface area contributed by atoms with Crippen LogP contribution in [-0.4, -0.2) is 42.0 Å². The molecule has 19 heavy (non-hydrogen) atoms. The largest absolute Gasteiger partial charge is 0.475 e. The molecule has 0 bridgehead atoms. The van der Waals surface area contributed by atoms with Crippen molar-refractivity contribution in [3.8, 4) is 5.88 Å². The molecule has 0 saturated carbocycles. The average Bonchev–Trinajstić information content (AvgIpc) is 2.24. The van der Waals surface area contributed by atoms with Gasteiger partial charge in [-0.1, -0.05) is 0 Å². The minimum absolute atomic E-state index is 0.0233. The standard InChI is InChI=1S/C12H21N3O3S/c1-9(2)18-11-6-10(14-8-15-11)13-7-12(3,4)19(5,16)17/h6,8-9H,7H2,1-5H3,(H,13,14,15). The monoisotopic (exact) mass is 287 g/mol. The molecule has 1 aromatic heterocycles. The van der Waals surface area contributed by atoms with Gasteiger partial charge in [0.1, 0.15) is 12.1 Å². The zero-order valence-corrected chi connectivity index (χ0v) is 12.8. The zero-order valence-electron chi connectivity index (χ0n) is 12.0. The van der Waals surface area contributed by atoms with Crippen molar-refractivity contribution < 1.29 is 13.2 Å². The first-order chi connectivity index (χ1) is 8.62. The van der Waals surface area contributed by atoms with Crippen molar-refractivity contribution >= 4 is 15.7 Å². The van der Waals surface area contributed by atoms with Gasteiger partial charge < -0.3 is 10.1 Å². The maximum absolute atomic E-state index is 11.6. The second-order valence-corrected chi connectivity index (χ2v) is 7.94. The normalized spacial score (nSPS) is 12.5.